The molecule has 2 heterocycles. The van der Waals surface area contributed by atoms with Crippen LogP contribution in [0.5, 0.6) is 0 Å². The van der Waals surface area contributed by atoms with Crippen molar-refractivity contribution in [2.75, 3.05) is 32.8 Å². The van der Waals surface area contributed by atoms with Crippen molar-refractivity contribution in [1.29, 1.82) is 0 Å². The van der Waals surface area contributed by atoms with Gasteiger partial charge in [0.25, 0.3) is 5.91 Å². The summed E-state index contributed by atoms with van der Waals surface area (Å²) in [4.78, 5) is 30.5. The number of piperidine rings is 1. The molecule has 37 heavy (non-hydrogen) atoms. The summed E-state index contributed by atoms with van der Waals surface area (Å²) in [5, 5.41) is 21.5. The Labute approximate surface area is 224 Å². The topological polar surface area (TPSA) is 90.3 Å². The van der Waals surface area contributed by atoms with Crippen LogP contribution in [0.1, 0.15) is 54.4 Å². The van der Waals surface area contributed by atoms with E-state index in [1.54, 1.807) is 29.2 Å². The second kappa shape index (κ2) is 12.9. The van der Waals surface area contributed by atoms with Crippen LogP contribution in [0, 0.1) is 5.41 Å². The predicted octanol–water partition coefficient (Wildman–Crippen LogP) is 3.90. The van der Waals surface area contributed by atoms with E-state index in [-0.39, 0.29) is 24.9 Å². The Morgan fingerprint density at radius 2 is 1.62 bits per heavy atom. The number of carbonyl (C=O) groups excluding carboxylic acids is 2. The smallest absolute Gasteiger partial charge is 0.312 e. The Morgan fingerprint density at radius 3 is 2.32 bits per heavy atom. The number of ether oxygens (including phenoxy) is 1. The van der Waals surface area contributed by atoms with Gasteiger partial charge in [0.1, 0.15) is 12.7 Å². The number of hydrogen-bond acceptors (Lipinski definition) is 6. The molecule has 1 spiro atoms. The van der Waals surface area contributed by atoms with E-state index in [2.05, 4.69) is 17.0 Å². The summed E-state index contributed by atoms with van der Waals surface area (Å²) in [6, 6.07) is 17.1. The fourth-order valence-electron chi connectivity index (χ4n) is 5.30. The SMILES string of the molecule is O=C(c1ccc(Cl)cc1)N1CCCCC2(CCN(Cc3ccccc3)CC2)C(=O)OC[C@@H](O)[C@@H](O)CC1. The third kappa shape index (κ3) is 7.32. The molecule has 0 unspecified atom stereocenters. The first-order valence-electron chi connectivity index (χ1n) is 13.2. The number of carbonyl (C=O) groups is 2. The number of halogens is 1. The molecule has 0 aromatic heterocycles. The van der Waals surface area contributed by atoms with E-state index >= 15 is 0 Å². The van der Waals surface area contributed by atoms with Crippen LogP contribution < -0.4 is 0 Å². The molecule has 2 saturated heterocycles. The first-order valence-corrected chi connectivity index (χ1v) is 13.6. The summed E-state index contributed by atoms with van der Waals surface area (Å²) >= 11 is 5.98. The van der Waals surface area contributed by atoms with Crippen LogP contribution in [0.3, 0.4) is 0 Å². The average molecular weight is 529 g/mol. The van der Waals surface area contributed by atoms with Gasteiger partial charge in [-0.3, -0.25) is 14.5 Å². The number of hydrogen-bond donors (Lipinski definition) is 2. The van der Waals surface area contributed by atoms with Gasteiger partial charge in [-0.15, -0.1) is 0 Å². The number of likely N-dealkylation sites (tertiary alicyclic amines) is 1. The van der Waals surface area contributed by atoms with Gasteiger partial charge in [0.05, 0.1) is 11.5 Å². The van der Waals surface area contributed by atoms with E-state index in [9.17, 15) is 19.8 Å². The number of benzene rings is 2. The van der Waals surface area contributed by atoms with Crippen molar-refractivity contribution in [2.45, 2.75) is 57.3 Å². The molecule has 2 fully saturated rings. The summed E-state index contributed by atoms with van der Waals surface area (Å²) in [6.45, 7) is 2.98. The molecular weight excluding hydrogens is 492 g/mol. The van der Waals surface area contributed by atoms with E-state index in [1.807, 2.05) is 18.2 Å². The van der Waals surface area contributed by atoms with Crippen LogP contribution in [-0.2, 0) is 16.1 Å². The molecule has 4 rings (SSSR count). The van der Waals surface area contributed by atoms with E-state index in [0.29, 0.717) is 42.9 Å². The summed E-state index contributed by atoms with van der Waals surface area (Å²) in [6.07, 6.45) is 1.45. The maximum absolute atomic E-state index is 13.3. The third-order valence-corrected chi connectivity index (χ3v) is 7.98. The first kappa shape index (κ1) is 27.6. The average Bonchev–Trinajstić information content (AvgIpc) is 2.92. The molecule has 2 atom stereocenters. The van der Waals surface area contributed by atoms with Crippen molar-refractivity contribution < 1.29 is 24.5 Å². The van der Waals surface area contributed by atoms with Gasteiger partial charge in [-0.1, -0.05) is 48.4 Å². The molecule has 2 aliphatic rings. The van der Waals surface area contributed by atoms with E-state index in [1.165, 1.54) is 5.56 Å². The highest BCUT2D eigenvalue weighted by Gasteiger charge is 2.42. The van der Waals surface area contributed by atoms with Crippen molar-refractivity contribution >= 4 is 23.5 Å². The number of rotatable bonds is 3. The van der Waals surface area contributed by atoms with Crippen LogP contribution in [0.4, 0.5) is 0 Å². The van der Waals surface area contributed by atoms with Crippen LogP contribution >= 0.6 is 11.6 Å². The second-order valence-corrected chi connectivity index (χ2v) is 10.8. The van der Waals surface area contributed by atoms with Crippen LogP contribution in [-0.4, -0.2) is 76.9 Å². The molecule has 0 radical (unpaired) electrons. The largest absolute Gasteiger partial charge is 0.462 e. The van der Waals surface area contributed by atoms with Gasteiger partial charge in [0.2, 0.25) is 0 Å². The number of esters is 1. The first-order chi connectivity index (χ1) is 17.9. The highest BCUT2D eigenvalue weighted by molar-refractivity contribution is 6.30. The monoisotopic (exact) mass is 528 g/mol. The van der Waals surface area contributed by atoms with Gasteiger partial charge in [0, 0.05) is 30.2 Å². The van der Waals surface area contributed by atoms with E-state index < -0.39 is 17.6 Å². The van der Waals surface area contributed by atoms with Gasteiger partial charge in [-0.2, -0.15) is 0 Å². The van der Waals surface area contributed by atoms with E-state index in [4.69, 9.17) is 16.3 Å². The van der Waals surface area contributed by atoms with Gasteiger partial charge in [-0.25, -0.2) is 0 Å². The van der Waals surface area contributed by atoms with Crippen LogP contribution in [0.15, 0.2) is 54.6 Å². The lowest BCUT2D eigenvalue weighted by atomic mass is 9.74. The van der Waals surface area contributed by atoms with Gasteiger partial charge < -0.3 is 19.8 Å². The lowest BCUT2D eigenvalue weighted by Gasteiger charge is -2.40. The zero-order chi connectivity index (χ0) is 26.3. The maximum Gasteiger partial charge on any atom is 0.312 e. The summed E-state index contributed by atoms with van der Waals surface area (Å²) < 4.78 is 5.58. The lowest BCUT2D eigenvalue weighted by Crippen LogP contribution is -2.45. The molecule has 0 saturated carbocycles. The highest BCUT2D eigenvalue weighted by atomic mass is 35.5. The molecule has 200 valence electrons. The Balaban J connectivity index is 1.43. The number of amides is 1. The molecule has 2 N–H and O–H groups in total. The second-order valence-electron chi connectivity index (χ2n) is 10.3. The Hall–Kier alpha value is -2.45. The zero-order valence-electron chi connectivity index (χ0n) is 21.2. The van der Waals surface area contributed by atoms with Gasteiger partial charge in [0.15, 0.2) is 0 Å². The summed E-state index contributed by atoms with van der Waals surface area (Å²) in [5.41, 5.74) is 1.17. The zero-order valence-corrected chi connectivity index (χ0v) is 22.0. The molecular formula is C29H37ClN2O5. The molecule has 1 amide bonds. The maximum atomic E-state index is 13.3. The minimum atomic E-state index is -1.20. The third-order valence-electron chi connectivity index (χ3n) is 7.73. The van der Waals surface area contributed by atoms with Crippen molar-refractivity contribution in [3.8, 4) is 0 Å². The quantitative estimate of drug-likeness (QED) is 0.587. The van der Waals surface area contributed by atoms with Crippen LogP contribution in [0.2, 0.25) is 5.02 Å². The minimum absolute atomic E-state index is 0.135. The fourth-order valence-corrected chi connectivity index (χ4v) is 5.42. The fraction of sp³-hybridized carbons (Fsp3) is 0.517. The molecule has 0 bridgehead atoms. The van der Waals surface area contributed by atoms with Crippen molar-refractivity contribution in [2.24, 2.45) is 5.41 Å². The highest BCUT2D eigenvalue weighted by Crippen LogP contribution is 2.38. The molecule has 2 aromatic rings. The Morgan fingerprint density at radius 1 is 0.919 bits per heavy atom. The summed E-state index contributed by atoms with van der Waals surface area (Å²) in [5.74, 6) is -0.420. The minimum Gasteiger partial charge on any atom is -0.462 e. The molecule has 7 nitrogen and oxygen atoms in total. The molecule has 2 aliphatic heterocycles. The van der Waals surface area contributed by atoms with Crippen molar-refractivity contribution in [1.82, 2.24) is 9.80 Å². The Bertz CT molecular complexity index is 1020. The molecule has 8 heteroatoms. The standard InChI is InChI=1S/C29H37ClN2O5/c30-24-10-8-23(9-11-24)27(35)32-16-5-4-13-29(28(36)37-21-26(34)25(33)12-17-32)14-18-31(19-15-29)20-22-6-2-1-3-7-22/h1-3,6-11,25-26,33-34H,4-5,12-21H2/t25-,26+/m0/s1. The number of aliphatic hydroxyl groups is 2. The van der Waals surface area contributed by atoms with Gasteiger partial charge in [-0.05, 0) is 75.0 Å². The number of nitrogens with zero attached hydrogens (tertiary/aromatic N) is 2. The summed E-state index contributed by atoms with van der Waals surface area (Å²) in [7, 11) is 0. The molecule has 0 aliphatic carbocycles. The van der Waals surface area contributed by atoms with Gasteiger partial charge >= 0.3 is 5.97 Å². The van der Waals surface area contributed by atoms with E-state index in [0.717, 1.165) is 32.5 Å². The number of cyclic esters (lactones) is 1. The molecule has 2 aromatic carbocycles. The van der Waals surface area contributed by atoms with Crippen LogP contribution in [0.25, 0.3) is 0 Å². The van der Waals surface area contributed by atoms with Crippen molar-refractivity contribution in [3.05, 3.63) is 70.7 Å². The van der Waals surface area contributed by atoms with Crippen molar-refractivity contribution in [3.63, 3.8) is 0 Å². The lowest BCUT2D eigenvalue weighted by molar-refractivity contribution is -0.165. The predicted molar refractivity (Wildman–Crippen MR) is 142 cm³/mol. The normalized spacial score (nSPS) is 24.0. The Kier molecular flexibility index (Phi) is 9.60. The number of aliphatic hydroxyl groups excluding tert-OH is 2.